The molecule has 0 aliphatic heterocycles. The van der Waals surface area contributed by atoms with Crippen LogP contribution in [0.5, 0.6) is 11.5 Å². The molecule has 0 saturated carbocycles. The molecule has 0 spiro atoms. The Morgan fingerprint density at radius 1 is 1.30 bits per heavy atom. The Labute approximate surface area is 120 Å². The highest BCUT2D eigenvalue weighted by Crippen LogP contribution is 2.35. The number of aromatic nitrogens is 1. The number of carboxylic acid groups (broad SMARTS) is 1. The van der Waals surface area contributed by atoms with Crippen molar-refractivity contribution < 1.29 is 19.4 Å². The summed E-state index contributed by atoms with van der Waals surface area (Å²) in [7, 11) is 3.13. The second kappa shape index (κ2) is 5.92. The van der Waals surface area contributed by atoms with E-state index < -0.39 is 5.97 Å². The zero-order valence-electron chi connectivity index (χ0n) is 11.5. The number of nitrogens with zero attached hydrogens (tertiary/aromatic N) is 1. The van der Waals surface area contributed by atoms with Gasteiger partial charge in [0.1, 0.15) is 9.88 Å². The standard InChI is InChI=1S/C14H15NO4S/c1-4-9-12(14(16)17)20-13(15-9)8-5-6-10(18-2)11(7-8)19-3/h5-7H,4H2,1-3H3,(H,16,17). The normalized spacial score (nSPS) is 10.3. The lowest BCUT2D eigenvalue weighted by atomic mass is 10.2. The molecule has 1 aromatic heterocycles. The van der Waals surface area contributed by atoms with E-state index in [-0.39, 0.29) is 4.88 Å². The first kappa shape index (κ1) is 14.3. The lowest BCUT2D eigenvalue weighted by molar-refractivity contribution is 0.0701. The van der Waals surface area contributed by atoms with E-state index in [0.717, 1.165) is 5.56 Å². The van der Waals surface area contributed by atoms with Crippen LogP contribution in [0.3, 0.4) is 0 Å². The minimum atomic E-state index is -0.939. The topological polar surface area (TPSA) is 68.7 Å². The van der Waals surface area contributed by atoms with Crippen LogP contribution in [-0.4, -0.2) is 30.3 Å². The number of benzene rings is 1. The largest absolute Gasteiger partial charge is 0.493 e. The maximum atomic E-state index is 11.2. The zero-order valence-corrected chi connectivity index (χ0v) is 12.3. The quantitative estimate of drug-likeness (QED) is 0.917. The second-order valence-electron chi connectivity index (χ2n) is 4.02. The van der Waals surface area contributed by atoms with Gasteiger partial charge in [-0.2, -0.15) is 0 Å². The van der Waals surface area contributed by atoms with Gasteiger partial charge in [-0.15, -0.1) is 11.3 Å². The van der Waals surface area contributed by atoms with Gasteiger partial charge in [0.25, 0.3) is 0 Å². The van der Waals surface area contributed by atoms with Crippen molar-refractivity contribution in [2.75, 3.05) is 14.2 Å². The molecule has 1 heterocycles. The van der Waals surface area contributed by atoms with E-state index in [1.54, 1.807) is 26.4 Å². The van der Waals surface area contributed by atoms with E-state index in [9.17, 15) is 4.79 Å². The molecule has 0 aliphatic carbocycles. The summed E-state index contributed by atoms with van der Waals surface area (Å²) in [6, 6.07) is 5.41. The van der Waals surface area contributed by atoms with Crippen LogP contribution in [-0.2, 0) is 6.42 Å². The number of carboxylic acids is 1. The summed E-state index contributed by atoms with van der Waals surface area (Å²) >= 11 is 1.17. The van der Waals surface area contributed by atoms with Crippen molar-refractivity contribution in [1.29, 1.82) is 0 Å². The first-order chi connectivity index (χ1) is 9.60. The summed E-state index contributed by atoms with van der Waals surface area (Å²) < 4.78 is 10.4. The SMILES string of the molecule is CCc1nc(-c2ccc(OC)c(OC)c2)sc1C(=O)O. The number of aromatic carboxylic acids is 1. The smallest absolute Gasteiger partial charge is 0.347 e. The molecule has 106 valence electrons. The van der Waals surface area contributed by atoms with Gasteiger partial charge in [0.05, 0.1) is 19.9 Å². The van der Waals surface area contributed by atoms with E-state index in [4.69, 9.17) is 14.6 Å². The minimum absolute atomic E-state index is 0.289. The number of ether oxygens (including phenoxy) is 2. The molecule has 0 saturated heterocycles. The third kappa shape index (κ3) is 2.60. The van der Waals surface area contributed by atoms with Crippen molar-refractivity contribution in [3.05, 3.63) is 28.8 Å². The van der Waals surface area contributed by atoms with Gasteiger partial charge in [-0.1, -0.05) is 6.92 Å². The van der Waals surface area contributed by atoms with Crippen molar-refractivity contribution in [3.63, 3.8) is 0 Å². The van der Waals surface area contributed by atoms with Crippen molar-refractivity contribution >= 4 is 17.3 Å². The fourth-order valence-corrected chi connectivity index (χ4v) is 2.84. The third-order valence-corrected chi connectivity index (χ3v) is 3.99. The van der Waals surface area contributed by atoms with Gasteiger partial charge in [0.15, 0.2) is 11.5 Å². The summed E-state index contributed by atoms with van der Waals surface area (Å²) in [4.78, 5) is 15.9. The highest BCUT2D eigenvalue weighted by atomic mass is 32.1. The Kier molecular flexibility index (Phi) is 4.24. The third-order valence-electron chi connectivity index (χ3n) is 2.86. The lowest BCUT2D eigenvalue weighted by Gasteiger charge is -2.08. The fourth-order valence-electron chi connectivity index (χ4n) is 1.85. The fraction of sp³-hybridized carbons (Fsp3) is 0.286. The predicted octanol–water partition coefficient (Wildman–Crippen LogP) is 3.09. The van der Waals surface area contributed by atoms with E-state index in [2.05, 4.69) is 4.98 Å². The number of hydrogen-bond donors (Lipinski definition) is 1. The molecule has 20 heavy (non-hydrogen) atoms. The maximum Gasteiger partial charge on any atom is 0.347 e. The van der Waals surface area contributed by atoms with Crippen LogP contribution >= 0.6 is 11.3 Å². The van der Waals surface area contributed by atoms with Gasteiger partial charge in [-0.3, -0.25) is 0 Å². The molecule has 0 amide bonds. The Morgan fingerprint density at radius 3 is 2.50 bits per heavy atom. The van der Waals surface area contributed by atoms with Crippen LogP contribution in [0.15, 0.2) is 18.2 Å². The minimum Gasteiger partial charge on any atom is -0.493 e. The van der Waals surface area contributed by atoms with Crippen LogP contribution in [0.4, 0.5) is 0 Å². The number of rotatable bonds is 5. The Hall–Kier alpha value is -2.08. The van der Waals surface area contributed by atoms with Crippen LogP contribution < -0.4 is 9.47 Å². The molecule has 0 radical (unpaired) electrons. The first-order valence-corrected chi connectivity index (χ1v) is 6.87. The molecule has 2 aromatic rings. The summed E-state index contributed by atoms with van der Waals surface area (Å²) in [6.07, 6.45) is 0.589. The molecule has 2 rings (SSSR count). The van der Waals surface area contributed by atoms with Crippen molar-refractivity contribution in [1.82, 2.24) is 4.98 Å². The predicted molar refractivity (Wildman–Crippen MR) is 77.0 cm³/mol. The average molecular weight is 293 g/mol. The monoisotopic (exact) mass is 293 g/mol. The Bertz CT molecular complexity index is 636. The van der Waals surface area contributed by atoms with Crippen molar-refractivity contribution in [2.24, 2.45) is 0 Å². The molecule has 6 heteroatoms. The van der Waals surface area contributed by atoms with Gasteiger partial charge in [0, 0.05) is 5.56 Å². The van der Waals surface area contributed by atoms with Crippen molar-refractivity contribution in [2.45, 2.75) is 13.3 Å². The molecule has 1 aromatic carbocycles. The van der Waals surface area contributed by atoms with Crippen LogP contribution in [0.25, 0.3) is 10.6 Å². The van der Waals surface area contributed by atoms with Crippen LogP contribution in [0, 0.1) is 0 Å². The molecule has 0 unspecified atom stereocenters. The summed E-state index contributed by atoms with van der Waals surface area (Å²) in [5.41, 5.74) is 1.42. The Balaban J connectivity index is 2.48. The van der Waals surface area contributed by atoms with Gasteiger partial charge < -0.3 is 14.6 Å². The Morgan fingerprint density at radius 2 is 2.00 bits per heavy atom. The highest BCUT2D eigenvalue weighted by molar-refractivity contribution is 7.17. The highest BCUT2D eigenvalue weighted by Gasteiger charge is 2.17. The van der Waals surface area contributed by atoms with E-state index in [1.807, 2.05) is 13.0 Å². The summed E-state index contributed by atoms with van der Waals surface area (Å²) in [5.74, 6) is 0.281. The van der Waals surface area contributed by atoms with E-state index in [0.29, 0.717) is 28.6 Å². The van der Waals surface area contributed by atoms with Crippen LogP contribution in [0.1, 0.15) is 22.3 Å². The number of hydrogen-bond acceptors (Lipinski definition) is 5. The van der Waals surface area contributed by atoms with E-state index >= 15 is 0 Å². The molecule has 0 fully saturated rings. The molecule has 0 aliphatic rings. The summed E-state index contributed by atoms with van der Waals surface area (Å²) in [6.45, 7) is 1.89. The second-order valence-corrected chi connectivity index (χ2v) is 5.02. The number of carbonyl (C=O) groups is 1. The zero-order chi connectivity index (χ0) is 14.7. The number of thiazole rings is 1. The molecular formula is C14H15NO4S. The first-order valence-electron chi connectivity index (χ1n) is 6.06. The molecule has 5 nitrogen and oxygen atoms in total. The molecule has 0 atom stereocenters. The number of methoxy groups -OCH3 is 2. The van der Waals surface area contributed by atoms with Gasteiger partial charge in [-0.05, 0) is 24.6 Å². The van der Waals surface area contributed by atoms with Gasteiger partial charge in [-0.25, -0.2) is 9.78 Å². The molecule has 1 N–H and O–H groups in total. The van der Waals surface area contributed by atoms with Gasteiger partial charge in [0.2, 0.25) is 0 Å². The van der Waals surface area contributed by atoms with Gasteiger partial charge >= 0.3 is 5.97 Å². The molecule has 0 bridgehead atoms. The average Bonchev–Trinajstić information content (AvgIpc) is 2.91. The summed E-state index contributed by atoms with van der Waals surface area (Å²) in [5, 5.41) is 9.83. The lowest BCUT2D eigenvalue weighted by Crippen LogP contribution is -1.97. The van der Waals surface area contributed by atoms with Crippen molar-refractivity contribution in [3.8, 4) is 22.1 Å². The van der Waals surface area contributed by atoms with Crippen LogP contribution in [0.2, 0.25) is 0 Å². The maximum absolute atomic E-state index is 11.2. The molecular weight excluding hydrogens is 278 g/mol. The number of aryl methyl sites for hydroxylation is 1. The van der Waals surface area contributed by atoms with E-state index in [1.165, 1.54) is 11.3 Å².